The molecule has 0 heterocycles. The van der Waals surface area contributed by atoms with E-state index in [0.29, 0.717) is 6.61 Å². The van der Waals surface area contributed by atoms with E-state index in [1.54, 1.807) is 6.92 Å². The predicted molar refractivity (Wildman–Crippen MR) is 64.4 cm³/mol. The molecule has 5 heteroatoms. The SMILES string of the molecule is CCCCC(CC)C(=O)O.CCOC(C)=O.[H-].[Na+]. The summed E-state index contributed by atoms with van der Waals surface area (Å²) in [4.78, 5) is 20.3. The first-order valence-corrected chi connectivity index (χ1v) is 5.85. The molecule has 0 aromatic rings. The summed E-state index contributed by atoms with van der Waals surface area (Å²) in [6, 6.07) is 0. The van der Waals surface area contributed by atoms with Crippen molar-refractivity contribution in [2.75, 3.05) is 6.61 Å². The molecule has 0 rings (SSSR count). The number of carboxylic acid groups (broad SMARTS) is 1. The summed E-state index contributed by atoms with van der Waals surface area (Å²) in [7, 11) is 0. The maximum atomic E-state index is 10.4. The molecule has 0 saturated heterocycles. The van der Waals surface area contributed by atoms with E-state index in [1.165, 1.54) is 6.92 Å². The average Bonchev–Trinajstić information content (AvgIpc) is 2.19. The van der Waals surface area contributed by atoms with Gasteiger partial charge in [-0.3, -0.25) is 9.59 Å². The fraction of sp³-hybridized carbons (Fsp3) is 0.833. The maximum absolute atomic E-state index is 10.4. The van der Waals surface area contributed by atoms with Crippen molar-refractivity contribution in [3.63, 3.8) is 0 Å². The van der Waals surface area contributed by atoms with E-state index in [1.807, 2.05) is 6.92 Å². The molecule has 0 amide bonds. The first-order valence-electron chi connectivity index (χ1n) is 5.85. The molecule has 0 saturated carbocycles. The summed E-state index contributed by atoms with van der Waals surface area (Å²) in [5, 5.41) is 8.60. The largest absolute Gasteiger partial charge is 1.00 e. The molecule has 0 radical (unpaired) electrons. The number of carbonyl (C=O) groups excluding carboxylic acids is 1. The van der Waals surface area contributed by atoms with Gasteiger partial charge in [-0.25, -0.2) is 0 Å². The van der Waals surface area contributed by atoms with Crippen molar-refractivity contribution in [1.82, 2.24) is 0 Å². The zero-order valence-electron chi connectivity index (χ0n) is 12.8. The van der Waals surface area contributed by atoms with E-state index < -0.39 is 5.97 Å². The fourth-order valence-corrected chi connectivity index (χ4v) is 1.16. The number of hydrogen-bond donors (Lipinski definition) is 1. The molecule has 4 nitrogen and oxygen atoms in total. The maximum Gasteiger partial charge on any atom is 1.00 e. The predicted octanol–water partition coefficient (Wildman–Crippen LogP) is -0.0267. The van der Waals surface area contributed by atoms with Gasteiger partial charge in [-0.05, 0) is 19.8 Å². The second-order valence-corrected chi connectivity index (χ2v) is 3.51. The van der Waals surface area contributed by atoms with E-state index in [-0.39, 0.29) is 42.9 Å². The second-order valence-electron chi connectivity index (χ2n) is 3.51. The molecule has 98 valence electrons. The first-order chi connectivity index (χ1) is 7.49. The average molecular weight is 256 g/mol. The zero-order valence-corrected chi connectivity index (χ0v) is 13.8. The van der Waals surface area contributed by atoms with Gasteiger partial charge in [0.05, 0.1) is 12.5 Å². The third-order valence-electron chi connectivity index (χ3n) is 2.10. The van der Waals surface area contributed by atoms with Gasteiger partial charge in [0, 0.05) is 6.92 Å². The minimum atomic E-state index is -0.643. The molecule has 0 bridgehead atoms. The van der Waals surface area contributed by atoms with Crippen LogP contribution in [0.2, 0.25) is 0 Å². The summed E-state index contributed by atoms with van der Waals surface area (Å²) in [5.74, 6) is -0.964. The zero-order chi connectivity index (χ0) is 13.0. The Labute approximate surface area is 128 Å². The van der Waals surface area contributed by atoms with Crippen LogP contribution in [-0.4, -0.2) is 23.7 Å². The topological polar surface area (TPSA) is 63.6 Å². The van der Waals surface area contributed by atoms with Crippen LogP contribution in [0.25, 0.3) is 0 Å². The second kappa shape index (κ2) is 15.9. The molecular weight excluding hydrogens is 231 g/mol. The third kappa shape index (κ3) is 18.5. The molecule has 1 N–H and O–H groups in total. The van der Waals surface area contributed by atoms with Crippen molar-refractivity contribution >= 4 is 11.9 Å². The molecule has 0 spiro atoms. The quantitative estimate of drug-likeness (QED) is 0.535. The van der Waals surface area contributed by atoms with Gasteiger partial charge in [-0.1, -0.05) is 26.7 Å². The van der Waals surface area contributed by atoms with E-state index in [0.717, 1.165) is 25.7 Å². The minimum Gasteiger partial charge on any atom is -1.00 e. The van der Waals surface area contributed by atoms with Crippen molar-refractivity contribution in [2.45, 2.75) is 53.4 Å². The Morgan fingerprint density at radius 3 is 2.00 bits per heavy atom. The molecular formula is C12H25NaO4. The molecule has 0 aromatic heterocycles. The third-order valence-corrected chi connectivity index (χ3v) is 2.10. The summed E-state index contributed by atoms with van der Waals surface area (Å²) in [6.07, 6.45) is 3.71. The van der Waals surface area contributed by atoms with E-state index >= 15 is 0 Å². The number of aliphatic carboxylic acids is 1. The van der Waals surface area contributed by atoms with Crippen LogP contribution in [0, 0.1) is 5.92 Å². The number of ether oxygens (including phenoxy) is 1. The number of rotatable bonds is 6. The molecule has 0 aromatic carbocycles. The van der Waals surface area contributed by atoms with Crippen LogP contribution in [0.5, 0.6) is 0 Å². The van der Waals surface area contributed by atoms with Crippen LogP contribution in [0.1, 0.15) is 54.8 Å². The van der Waals surface area contributed by atoms with Gasteiger partial charge in [-0.2, -0.15) is 0 Å². The van der Waals surface area contributed by atoms with Crippen LogP contribution < -0.4 is 29.6 Å². The van der Waals surface area contributed by atoms with Gasteiger partial charge in [0.1, 0.15) is 0 Å². The smallest absolute Gasteiger partial charge is 1.00 e. The van der Waals surface area contributed by atoms with Gasteiger partial charge in [0.15, 0.2) is 0 Å². The van der Waals surface area contributed by atoms with Crippen LogP contribution in [0.4, 0.5) is 0 Å². The van der Waals surface area contributed by atoms with Gasteiger partial charge < -0.3 is 11.3 Å². The Kier molecular flexibility index (Phi) is 20.8. The Morgan fingerprint density at radius 1 is 1.29 bits per heavy atom. The summed E-state index contributed by atoms with van der Waals surface area (Å²) >= 11 is 0. The molecule has 17 heavy (non-hydrogen) atoms. The normalized spacial score (nSPS) is 10.4. The summed E-state index contributed by atoms with van der Waals surface area (Å²) in [5.41, 5.74) is 0. The summed E-state index contributed by atoms with van der Waals surface area (Å²) in [6.45, 7) is 7.66. The number of carbonyl (C=O) groups is 2. The molecule has 0 aliphatic rings. The van der Waals surface area contributed by atoms with E-state index in [4.69, 9.17) is 5.11 Å². The molecule has 0 fully saturated rings. The standard InChI is InChI=1S/C8H16O2.C4H8O2.Na.H/c1-3-5-6-7(4-2)8(9)10;1-3-6-4(2)5;;/h7H,3-6H2,1-2H3,(H,9,10);3H2,1-2H3;;/q;;+1;-1. The Bertz CT molecular complexity index is 201. The minimum absolute atomic E-state index is 0. The monoisotopic (exact) mass is 256 g/mol. The molecule has 1 unspecified atom stereocenters. The van der Waals surface area contributed by atoms with Crippen LogP contribution in [-0.2, 0) is 14.3 Å². The number of unbranched alkanes of at least 4 members (excludes halogenated alkanes) is 1. The van der Waals surface area contributed by atoms with Crippen LogP contribution >= 0.6 is 0 Å². The number of carboxylic acids is 1. The van der Waals surface area contributed by atoms with Gasteiger partial charge in [0.2, 0.25) is 0 Å². The molecule has 1 atom stereocenters. The van der Waals surface area contributed by atoms with Crippen molar-refractivity contribution in [1.29, 1.82) is 0 Å². The Morgan fingerprint density at radius 2 is 1.82 bits per heavy atom. The number of hydrogen-bond acceptors (Lipinski definition) is 3. The van der Waals surface area contributed by atoms with Gasteiger partial charge >= 0.3 is 41.5 Å². The fourth-order valence-electron chi connectivity index (χ4n) is 1.16. The number of esters is 1. The van der Waals surface area contributed by atoms with Crippen molar-refractivity contribution < 1.29 is 50.4 Å². The van der Waals surface area contributed by atoms with Crippen LogP contribution in [0.15, 0.2) is 0 Å². The Balaban J connectivity index is -0.000000108. The molecule has 0 aliphatic heterocycles. The summed E-state index contributed by atoms with van der Waals surface area (Å²) < 4.78 is 4.40. The van der Waals surface area contributed by atoms with Crippen molar-refractivity contribution in [3.05, 3.63) is 0 Å². The van der Waals surface area contributed by atoms with Crippen molar-refractivity contribution in [2.24, 2.45) is 5.92 Å². The first kappa shape index (κ1) is 22.1. The van der Waals surface area contributed by atoms with E-state index in [9.17, 15) is 9.59 Å². The van der Waals surface area contributed by atoms with Crippen LogP contribution in [0.3, 0.4) is 0 Å². The molecule has 0 aliphatic carbocycles. The van der Waals surface area contributed by atoms with Gasteiger partial charge in [0.25, 0.3) is 0 Å². The van der Waals surface area contributed by atoms with Gasteiger partial charge in [-0.15, -0.1) is 0 Å². The Hall–Kier alpha value is -0.0600. The van der Waals surface area contributed by atoms with Crippen molar-refractivity contribution in [3.8, 4) is 0 Å². The van der Waals surface area contributed by atoms with E-state index in [2.05, 4.69) is 11.7 Å².